The Kier molecular flexibility index (Phi) is 4.83. The topological polar surface area (TPSA) is 24.5 Å². The number of benzene rings is 1. The van der Waals surface area contributed by atoms with Crippen LogP contribution in [0.3, 0.4) is 0 Å². The molecule has 1 aliphatic heterocycles. The van der Waals surface area contributed by atoms with Crippen molar-refractivity contribution in [3.05, 3.63) is 29.8 Å². The van der Waals surface area contributed by atoms with Crippen LogP contribution in [0.25, 0.3) is 0 Å². The van der Waals surface area contributed by atoms with Crippen molar-refractivity contribution in [2.75, 3.05) is 27.2 Å². The normalized spacial score (nSPS) is 24.1. The zero-order valence-corrected chi connectivity index (χ0v) is 12.5. The van der Waals surface area contributed by atoms with Crippen LogP contribution in [0.1, 0.15) is 31.9 Å². The van der Waals surface area contributed by atoms with E-state index in [1.54, 1.807) is 0 Å². The van der Waals surface area contributed by atoms with Crippen molar-refractivity contribution < 1.29 is 4.74 Å². The summed E-state index contributed by atoms with van der Waals surface area (Å²) in [4.78, 5) is 2.45. The lowest BCUT2D eigenvalue weighted by molar-refractivity contribution is 0.239. The summed E-state index contributed by atoms with van der Waals surface area (Å²) in [5.41, 5.74) is 1.37. The molecule has 106 valence electrons. The van der Waals surface area contributed by atoms with Gasteiger partial charge in [0.25, 0.3) is 0 Å². The van der Waals surface area contributed by atoms with Crippen LogP contribution in [0.15, 0.2) is 24.3 Å². The minimum absolute atomic E-state index is 0.227. The molecule has 0 aliphatic carbocycles. The Morgan fingerprint density at radius 2 is 2.21 bits per heavy atom. The van der Waals surface area contributed by atoms with Crippen molar-refractivity contribution >= 4 is 0 Å². The molecule has 2 rings (SSSR count). The van der Waals surface area contributed by atoms with E-state index in [-0.39, 0.29) is 6.10 Å². The Balaban J connectivity index is 2.19. The Morgan fingerprint density at radius 3 is 2.89 bits per heavy atom. The Labute approximate surface area is 116 Å². The van der Waals surface area contributed by atoms with Gasteiger partial charge in [-0.15, -0.1) is 0 Å². The van der Waals surface area contributed by atoms with Gasteiger partial charge < -0.3 is 10.1 Å². The van der Waals surface area contributed by atoms with E-state index in [0.717, 1.165) is 12.3 Å². The van der Waals surface area contributed by atoms with E-state index in [1.165, 1.54) is 18.5 Å². The first kappa shape index (κ1) is 14.4. The number of rotatable bonds is 5. The fourth-order valence-electron chi connectivity index (χ4n) is 3.07. The van der Waals surface area contributed by atoms with E-state index in [0.29, 0.717) is 12.0 Å². The molecular weight excluding hydrogens is 236 g/mol. The fourth-order valence-corrected chi connectivity index (χ4v) is 3.07. The maximum atomic E-state index is 5.81. The quantitative estimate of drug-likeness (QED) is 0.883. The highest BCUT2D eigenvalue weighted by atomic mass is 16.5. The minimum Gasteiger partial charge on any atom is -0.491 e. The maximum Gasteiger partial charge on any atom is 0.120 e. The molecule has 19 heavy (non-hydrogen) atoms. The zero-order chi connectivity index (χ0) is 13.8. The van der Waals surface area contributed by atoms with Crippen molar-refractivity contribution in [3.8, 4) is 5.75 Å². The third-order valence-electron chi connectivity index (χ3n) is 3.81. The van der Waals surface area contributed by atoms with E-state index in [1.807, 2.05) is 13.1 Å². The molecule has 1 aromatic rings. The first-order valence-electron chi connectivity index (χ1n) is 7.23. The summed E-state index contributed by atoms with van der Waals surface area (Å²) in [6.07, 6.45) is 1.49. The summed E-state index contributed by atoms with van der Waals surface area (Å²) in [7, 11) is 4.25. The van der Waals surface area contributed by atoms with Gasteiger partial charge in [0.1, 0.15) is 5.75 Å². The maximum absolute atomic E-state index is 5.81. The molecule has 0 saturated carbocycles. The number of hydrogen-bond acceptors (Lipinski definition) is 3. The molecule has 1 aliphatic rings. The SMILES string of the molecule is CNCC1CCN(C)C1c1cccc(OC(C)C)c1. The van der Waals surface area contributed by atoms with Crippen molar-refractivity contribution in [3.63, 3.8) is 0 Å². The first-order chi connectivity index (χ1) is 9.11. The molecule has 0 bridgehead atoms. The third-order valence-corrected chi connectivity index (χ3v) is 3.81. The van der Waals surface area contributed by atoms with Gasteiger partial charge in [-0.05, 0) is 71.1 Å². The number of hydrogen-bond donors (Lipinski definition) is 1. The fraction of sp³-hybridized carbons (Fsp3) is 0.625. The predicted molar refractivity (Wildman–Crippen MR) is 79.6 cm³/mol. The van der Waals surface area contributed by atoms with Gasteiger partial charge in [0, 0.05) is 6.04 Å². The van der Waals surface area contributed by atoms with Gasteiger partial charge in [-0.1, -0.05) is 12.1 Å². The van der Waals surface area contributed by atoms with Crippen molar-refractivity contribution in [1.29, 1.82) is 0 Å². The van der Waals surface area contributed by atoms with Crippen LogP contribution in [-0.2, 0) is 0 Å². The standard InChI is InChI=1S/C16H26N2O/c1-12(2)19-15-7-5-6-13(10-15)16-14(11-17-3)8-9-18(16)4/h5-7,10,12,14,16-17H,8-9,11H2,1-4H3. The summed E-state index contributed by atoms with van der Waals surface area (Å²) in [5, 5.41) is 3.32. The smallest absolute Gasteiger partial charge is 0.120 e. The molecule has 1 fully saturated rings. The molecule has 1 heterocycles. The molecule has 0 radical (unpaired) electrons. The molecule has 0 amide bonds. The van der Waals surface area contributed by atoms with Gasteiger partial charge in [-0.25, -0.2) is 0 Å². The van der Waals surface area contributed by atoms with Crippen LogP contribution < -0.4 is 10.1 Å². The second kappa shape index (κ2) is 6.40. The number of likely N-dealkylation sites (tertiary alicyclic amines) is 1. The second-order valence-electron chi connectivity index (χ2n) is 5.77. The average Bonchev–Trinajstić information content (AvgIpc) is 2.70. The molecule has 0 aromatic heterocycles. The summed E-state index contributed by atoms with van der Waals surface area (Å²) < 4.78 is 5.81. The van der Waals surface area contributed by atoms with Gasteiger partial charge in [-0.2, -0.15) is 0 Å². The number of nitrogens with one attached hydrogen (secondary N) is 1. The third kappa shape index (κ3) is 3.48. The predicted octanol–water partition coefficient (Wildman–Crippen LogP) is 2.69. The zero-order valence-electron chi connectivity index (χ0n) is 12.5. The van der Waals surface area contributed by atoms with E-state index in [9.17, 15) is 0 Å². The highest BCUT2D eigenvalue weighted by molar-refractivity contribution is 5.31. The minimum atomic E-state index is 0.227. The Hall–Kier alpha value is -1.06. The molecule has 1 saturated heterocycles. The number of nitrogens with zero attached hydrogens (tertiary/aromatic N) is 1. The van der Waals surface area contributed by atoms with Crippen LogP contribution >= 0.6 is 0 Å². The molecule has 2 atom stereocenters. The van der Waals surface area contributed by atoms with Crippen LogP contribution in [0.2, 0.25) is 0 Å². The van der Waals surface area contributed by atoms with Crippen molar-refractivity contribution in [1.82, 2.24) is 10.2 Å². The van der Waals surface area contributed by atoms with E-state index in [4.69, 9.17) is 4.74 Å². The van der Waals surface area contributed by atoms with Gasteiger partial charge in [0.2, 0.25) is 0 Å². The van der Waals surface area contributed by atoms with Crippen molar-refractivity contribution in [2.24, 2.45) is 5.92 Å². The average molecular weight is 262 g/mol. The highest BCUT2D eigenvalue weighted by Gasteiger charge is 2.32. The van der Waals surface area contributed by atoms with Gasteiger partial charge in [0.05, 0.1) is 6.10 Å². The van der Waals surface area contributed by atoms with Crippen LogP contribution in [0.5, 0.6) is 5.75 Å². The van der Waals surface area contributed by atoms with E-state index < -0.39 is 0 Å². The Bertz CT molecular complexity index is 403. The van der Waals surface area contributed by atoms with Gasteiger partial charge in [-0.3, -0.25) is 4.90 Å². The lowest BCUT2D eigenvalue weighted by atomic mass is 9.93. The van der Waals surface area contributed by atoms with Gasteiger partial charge in [0.15, 0.2) is 0 Å². The van der Waals surface area contributed by atoms with Crippen LogP contribution in [0, 0.1) is 5.92 Å². The molecular formula is C16H26N2O. The molecule has 1 aromatic carbocycles. The highest BCUT2D eigenvalue weighted by Crippen LogP contribution is 2.36. The van der Waals surface area contributed by atoms with Crippen LogP contribution in [0.4, 0.5) is 0 Å². The lowest BCUT2D eigenvalue weighted by Crippen LogP contribution is -2.26. The largest absolute Gasteiger partial charge is 0.491 e. The van der Waals surface area contributed by atoms with Gasteiger partial charge >= 0.3 is 0 Å². The summed E-state index contributed by atoms with van der Waals surface area (Å²) in [6.45, 7) is 6.38. The molecule has 3 nitrogen and oxygen atoms in total. The van der Waals surface area contributed by atoms with Crippen LogP contribution in [-0.4, -0.2) is 38.2 Å². The van der Waals surface area contributed by atoms with Crippen molar-refractivity contribution in [2.45, 2.75) is 32.4 Å². The monoisotopic (exact) mass is 262 g/mol. The molecule has 0 spiro atoms. The molecule has 2 unspecified atom stereocenters. The lowest BCUT2D eigenvalue weighted by Gasteiger charge is -2.26. The van der Waals surface area contributed by atoms with E-state index in [2.05, 4.69) is 49.3 Å². The number of ether oxygens (including phenoxy) is 1. The van der Waals surface area contributed by atoms with E-state index >= 15 is 0 Å². The first-order valence-corrected chi connectivity index (χ1v) is 7.23. The molecule has 3 heteroatoms. The summed E-state index contributed by atoms with van der Waals surface area (Å²) in [6, 6.07) is 9.08. The summed E-state index contributed by atoms with van der Waals surface area (Å²) >= 11 is 0. The summed E-state index contributed by atoms with van der Waals surface area (Å²) in [5.74, 6) is 1.67. The second-order valence-corrected chi connectivity index (χ2v) is 5.77. The Morgan fingerprint density at radius 1 is 1.42 bits per heavy atom. The molecule has 1 N–H and O–H groups in total.